The first-order valence-corrected chi connectivity index (χ1v) is 8.10. The SMILES string of the molecule is O=C(O)C1COCCN1C(=O)CCCc1cc(Cl)sc1Cl. The van der Waals surface area contributed by atoms with Crippen molar-refractivity contribution in [3.05, 3.63) is 20.3 Å². The lowest BCUT2D eigenvalue weighted by molar-refractivity contribution is -0.158. The number of carboxylic acid groups (broad SMARTS) is 1. The molecule has 1 amide bonds. The molecule has 8 heteroatoms. The van der Waals surface area contributed by atoms with E-state index in [9.17, 15) is 9.59 Å². The molecule has 1 aromatic rings. The fourth-order valence-electron chi connectivity index (χ4n) is 2.23. The molecule has 0 bridgehead atoms. The van der Waals surface area contributed by atoms with Crippen molar-refractivity contribution < 1.29 is 19.4 Å². The van der Waals surface area contributed by atoms with Gasteiger partial charge >= 0.3 is 5.97 Å². The van der Waals surface area contributed by atoms with Crippen LogP contribution in [0.2, 0.25) is 8.67 Å². The van der Waals surface area contributed by atoms with Crippen LogP contribution in [0, 0.1) is 0 Å². The molecule has 0 aromatic carbocycles. The molecular formula is C13H15Cl2NO4S. The number of carbonyl (C=O) groups is 2. The number of ether oxygens (including phenoxy) is 1. The number of halogens is 2. The molecule has 2 heterocycles. The molecule has 1 N–H and O–H groups in total. The van der Waals surface area contributed by atoms with Crippen molar-refractivity contribution in [3.8, 4) is 0 Å². The summed E-state index contributed by atoms with van der Waals surface area (Å²) in [6.07, 6.45) is 1.54. The minimum absolute atomic E-state index is 0.0487. The van der Waals surface area contributed by atoms with E-state index >= 15 is 0 Å². The first-order valence-electron chi connectivity index (χ1n) is 6.52. The molecule has 1 aliphatic heterocycles. The number of rotatable bonds is 5. The number of carbonyl (C=O) groups excluding carboxylic acids is 1. The zero-order chi connectivity index (χ0) is 15.4. The fourth-order valence-corrected chi connectivity index (χ4v) is 3.77. The standard InChI is InChI=1S/C13H15Cl2NO4S/c14-10-6-8(12(15)21-10)2-1-3-11(17)16-4-5-20-7-9(16)13(18)19/h6,9H,1-5,7H2,(H,18,19). The summed E-state index contributed by atoms with van der Waals surface area (Å²) in [6.45, 7) is 0.745. The summed E-state index contributed by atoms with van der Waals surface area (Å²) < 4.78 is 6.38. The summed E-state index contributed by atoms with van der Waals surface area (Å²) in [5.41, 5.74) is 0.927. The number of aliphatic carboxylic acids is 1. The monoisotopic (exact) mass is 351 g/mol. The molecule has 1 fully saturated rings. The molecule has 0 aliphatic carbocycles. The van der Waals surface area contributed by atoms with Crippen LogP contribution in [0.5, 0.6) is 0 Å². The molecule has 0 radical (unpaired) electrons. The molecule has 0 saturated carbocycles. The molecule has 0 spiro atoms. The van der Waals surface area contributed by atoms with Crippen LogP contribution in [-0.4, -0.2) is 47.7 Å². The van der Waals surface area contributed by atoms with Crippen LogP contribution in [0.4, 0.5) is 0 Å². The second-order valence-electron chi connectivity index (χ2n) is 4.72. The highest BCUT2D eigenvalue weighted by Gasteiger charge is 2.32. The minimum atomic E-state index is -1.03. The van der Waals surface area contributed by atoms with Gasteiger partial charge in [-0.25, -0.2) is 4.79 Å². The summed E-state index contributed by atoms with van der Waals surface area (Å²) in [6, 6.07) is 0.916. The average Bonchev–Trinajstić information content (AvgIpc) is 2.77. The van der Waals surface area contributed by atoms with Gasteiger partial charge in [0.05, 0.1) is 21.9 Å². The summed E-state index contributed by atoms with van der Waals surface area (Å²) in [4.78, 5) is 24.6. The first kappa shape index (κ1) is 16.5. The van der Waals surface area contributed by atoms with Crippen molar-refractivity contribution in [1.82, 2.24) is 4.90 Å². The van der Waals surface area contributed by atoms with E-state index in [1.807, 2.05) is 0 Å². The highest BCUT2D eigenvalue weighted by atomic mass is 35.5. The maximum Gasteiger partial charge on any atom is 0.328 e. The minimum Gasteiger partial charge on any atom is -0.480 e. The highest BCUT2D eigenvalue weighted by molar-refractivity contribution is 7.20. The molecular weight excluding hydrogens is 337 g/mol. The van der Waals surface area contributed by atoms with Crippen LogP contribution in [-0.2, 0) is 20.7 Å². The van der Waals surface area contributed by atoms with E-state index < -0.39 is 12.0 Å². The molecule has 21 heavy (non-hydrogen) atoms. The Morgan fingerprint density at radius 1 is 1.48 bits per heavy atom. The summed E-state index contributed by atoms with van der Waals surface area (Å²) in [7, 11) is 0. The van der Waals surface area contributed by atoms with Gasteiger partial charge in [-0.3, -0.25) is 4.79 Å². The van der Waals surface area contributed by atoms with Gasteiger partial charge in [0, 0.05) is 13.0 Å². The van der Waals surface area contributed by atoms with Gasteiger partial charge in [-0.1, -0.05) is 23.2 Å². The average molecular weight is 352 g/mol. The summed E-state index contributed by atoms with van der Waals surface area (Å²) >= 11 is 13.2. The largest absolute Gasteiger partial charge is 0.480 e. The third kappa shape index (κ3) is 4.32. The van der Waals surface area contributed by atoms with Crippen molar-refractivity contribution in [1.29, 1.82) is 0 Å². The predicted octanol–water partition coefficient (Wildman–Crippen LogP) is 2.69. The number of hydrogen-bond donors (Lipinski definition) is 1. The lowest BCUT2D eigenvalue weighted by Crippen LogP contribution is -2.52. The number of hydrogen-bond acceptors (Lipinski definition) is 4. The van der Waals surface area contributed by atoms with Crippen LogP contribution in [0.25, 0.3) is 0 Å². The van der Waals surface area contributed by atoms with Gasteiger partial charge in [0.1, 0.15) is 0 Å². The molecule has 116 valence electrons. The quantitative estimate of drug-likeness (QED) is 0.885. The van der Waals surface area contributed by atoms with Crippen molar-refractivity contribution in [2.45, 2.75) is 25.3 Å². The molecule has 1 aliphatic rings. The Kier molecular flexibility index (Phi) is 5.87. The smallest absolute Gasteiger partial charge is 0.328 e. The van der Waals surface area contributed by atoms with Gasteiger partial charge in [-0.05, 0) is 24.5 Å². The third-order valence-corrected chi connectivity index (χ3v) is 4.87. The number of morpholine rings is 1. The Bertz CT molecular complexity index is 534. The van der Waals surface area contributed by atoms with Crippen molar-refractivity contribution in [2.24, 2.45) is 0 Å². The normalized spacial score (nSPS) is 18.8. The van der Waals surface area contributed by atoms with Crippen LogP contribution in [0.15, 0.2) is 6.07 Å². The maximum absolute atomic E-state index is 12.1. The highest BCUT2D eigenvalue weighted by Crippen LogP contribution is 2.32. The molecule has 1 saturated heterocycles. The molecule has 1 unspecified atom stereocenters. The number of carboxylic acids is 1. The van der Waals surface area contributed by atoms with E-state index in [1.165, 1.54) is 16.2 Å². The summed E-state index contributed by atoms with van der Waals surface area (Å²) in [5.74, 6) is -1.20. The van der Waals surface area contributed by atoms with Crippen molar-refractivity contribution in [3.63, 3.8) is 0 Å². The number of thiophene rings is 1. The third-order valence-electron chi connectivity index (χ3n) is 3.30. The van der Waals surface area contributed by atoms with E-state index in [0.717, 1.165) is 5.56 Å². The second-order valence-corrected chi connectivity index (χ2v) is 7.00. The van der Waals surface area contributed by atoms with Gasteiger partial charge in [0.15, 0.2) is 6.04 Å². The zero-order valence-electron chi connectivity index (χ0n) is 11.2. The second kappa shape index (κ2) is 7.45. The van der Waals surface area contributed by atoms with Gasteiger partial charge in [0.2, 0.25) is 5.91 Å². The summed E-state index contributed by atoms with van der Waals surface area (Å²) in [5, 5.41) is 9.10. The van der Waals surface area contributed by atoms with Gasteiger partial charge < -0.3 is 14.7 Å². The number of aryl methyl sites for hydroxylation is 1. The number of nitrogens with zero attached hydrogens (tertiary/aromatic N) is 1. The topological polar surface area (TPSA) is 66.8 Å². The predicted molar refractivity (Wildman–Crippen MR) is 81.2 cm³/mol. The van der Waals surface area contributed by atoms with Crippen LogP contribution in [0.1, 0.15) is 18.4 Å². The molecule has 5 nitrogen and oxygen atoms in total. The van der Waals surface area contributed by atoms with Crippen LogP contribution < -0.4 is 0 Å². The van der Waals surface area contributed by atoms with Crippen LogP contribution >= 0.6 is 34.5 Å². The van der Waals surface area contributed by atoms with E-state index in [0.29, 0.717) is 34.7 Å². The number of amides is 1. The Labute approximate surface area is 136 Å². The molecule has 2 rings (SSSR count). The maximum atomic E-state index is 12.1. The first-order chi connectivity index (χ1) is 9.99. The van der Waals surface area contributed by atoms with E-state index in [2.05, 4.69) is 0 Å². The lowest BCUT2D eigenvalue weighted by atomic mass is 10.1. The van der Waals surface area contributed by atoms with E-state index in [4.69, 9.17) is 33.0 Å². The lowest BCUT2D eigenvalue weighted by Gasteiger charge is -2.32. The molecule has 1 atom stereocenters. The van der Waals surface area contributed by atoms with Gasteiger partial charge in [-0.2, -0.15) is 0 Å². The Morgan fingerprint density at radius 3 is 2.86 bits per heavy atom. The molecule has 1 aromatic heterocycles. The van der Waals surface area contributed by atoms with Crippen molar-refractivity contribution in [2.75, 3.05) is 19.8 Å². The Morgan fingerprint density at radius 2 is 2.24 bits per heavy atom. The van der Waals surface area contributed by atoms with Crippen LogP contribution in [0.3, 0.4) is 0 Å². The zero-order valence-corrected chi connectivity index (χ0v) is 13.5. The Hall–Kier alpha value is -0.820. The van der Waals surface area contributed by atoms with E-state index in [-0.39, 0.29) is 18.9 Å². The van der Waals surface area contributed by atoms with Crippen molar-refractivity contribution >= 4 is 46.4 Å². The van der Waals surface area contributed by atoms with E-state index in [1.54, 1.807) is 6.07 Å². The van der Waals surface area contributed by atoms with Gasteiger partial charge in [0.25, 0.3) is 0 Å². The van der Waals surface area contributed by atoms with Gasteiger partial charge in [-0.15, -0.1) is 11.3 Å². The fraction of sp³-hybridized carbons (Fsp3) is 0.538. The Balaban J connectivity index is 1.86.